The molecule has 0 unspecified atom stereocenters. The number of rotatable bonds is 2. The fourth-order valence-corrected chi connectivity index (χ4v) is 1.54. The van der Waals surface area contributed by atoms with Crippen molar-refractivity contribution < 1.29 is 5.11 Å². The summed E-state index contributed by atoms with van der Waals surface area (Å²) in [6.07, 6.45) is 1.68. The first-order chi connectivity index (χ1) is 7.20. The average molecular weight is 203 g/mol. The summed E-state index contributed by atoms with van der Waals surface area (Å²) >= 11 is 0. The van der Waals surface area contributed by atoms with E-state index in [2.05, 4.69) is 10.1 Å². The molecule has 0 saturated heterocycles. The minimum Gasteiger partial charge on any atom is -0.392 e. The van der Waals surface area contributed by atoms with Gasteiger partial charge >= 0.3 is 0 Å². The third kappa shape index (κ3) is 1.89. The molecule has 0 aliphatic carbocycles. The lowest BCUT2D eigenvalue weighted by atomic mass is 10.3. The molecule has 0 aliphatic rings. The van der Waals surface area contributed by atoms with Gasteiger partial charge in [-0.25, -0.2) is 9.67 Å². The lowest BCUT2D eigenvalue weighted by Crippen LogP contribution is -2.02. The molecular formula is C11H13N3O. The molecule has 0 spiro atoms. The van der Waals surface area contributed by atoms with Crippen molar-refractivity contribution in [3.8, 4) is 5.82 Å². The summed E-state index contributed by atoms with van der Waals surface area (Å²) in [5, 5.41) is 13.4. The van der Waals surface area contributed by atoms with Crippen LogP contribution in [0.2, 0.25) is 0 Å². The van der Waals surface area contributed by atoms with Gasteiger partial charge in [-0.05, 0) is 37.6 Å². The van der Waals surface area contributed by atoms with Crippen LogP contribution in [0, 0.1) is 13.8 Å². The molecular weight excluding hydrogens is 190 g/mol. The van der Waals surface area contributed by atoms with Crippen molar-refractivity contribution in [2.45, 2.75) is 20.5 Å². The smallest absolute Gasteiger partial charge is 0.153 e. The van der Waals surface area contributed by atoms with Crippen LogP contribution in [0.3, 0.4) is 0 Å². The van der Waals surface area contributed by atoms with Crippen LogP contribution in [0.15, 0.2) is 24.4 Å². The summed E-state index contributed by atoms with van der Waals surface area (Å²) in [5.74, 6) is 0.743. The van der Waals surface area contributed by atoms with Crippen LogP contribution < -0.4 is 0 Å². The molecule has 0 fully saturated rings. The van der Waals surface area contributed by atoms with E-state index in [4.69, 9.17) is 5.11 Å². The van der Waals surface area contributed by atoms with Crippen molar-refractivity contribution in [1.29, 1.82) is 0 Å². The van der Waals surface area contributed by atoms with Crippen LogP contribution in [0.4, 0.5) is 0 Å². The van der Waals surface area contributed by atoms with E-state index in [1.807, 2.05) is 26.0 Å². The first-order valence-corrected chi connectivity index (χ1v) is 4.80. The molecule has 0 radical (unpaired) electrons. The highest BCUT2D eigenvalue weighted by Gasteiger charge is 2.04. The van der Waals surface area contributed by atoms with Gasteiger partial charge in [0.15, 0.2) is 5.82 Å². The maximum absolute atomic E-state index is 9.03. The van der Waals surface area contributed by atoms with E-state index < -0.39 is 0 Å². The normalized spacial score (nSPS) is 10.6. The quantitative estimate of drug-likeness (QED) is 0.802. The number of aliphatic hydroxyl groups excluding tert-OH is 1. The number of aromatic nitrogens is 3. The Morgan fingerprint density at radius 3 is 2.73 bits per heavy atom. The number of aliphatic hydroxyl groups is 1. The number of aryl methyl sites for hydroxylation is 2. The molecule has 4 heteroatoms. The second-order valence-electron chi connectivity index (χ2n) is 3.52. The summed E-state index contributed by atoms with van der Waals surface area (Å²) in [6.45, 7) is 3.95. The van der Waals surface area contributed by atoms with Crippen molar-refractivity contribution in [2.24, 2.45) is 0 Å². The van der Waals surface area contributed by atoms with Crippen molar-refractivity contribution in [3.63, 3.8) is 0 Å². The van der Waals surface area contributed by atoms with Gasteiger partial charge in [0, 0.05) is 11.9 Å². The summed E-state index contributed by atoms with van der Waals surface area (Å²) in [4.78, 5) is 4.22. The molecule has 0 amide bonds. The van der Waals surface area contributed by atoms with Gasteiger partial charge in [0.05, 0.1) is 12.3 Å². The SMILES string of the molecule is Cc1cc(C)n(-c2cc(CO)ccn2)n1. The van der Waals surface area contributed by atoms with Gasteiger partial charge in [0.25, 0.3) is 0 Å². The van der Waals surface area contributed by atoms with E-state index in [9.17, 15) is 0 Å². The van der Waals surface area contributed by atoms with Crippen molar-refractivity contribution in [1.82, 2.24) is 14.8 Å². The van der Waals surface area contributed by atoms with E-state index in [0.29, 0.717) is 0 Å². The minimum absolute atomic E-state index is 0.0226. The number of nitrogens with zero attached hydrogens (tertiary/aromatic N) is 3. The van der Waals surface area contributed by atoms with Crippen molar-refractivity contribution in [2.75, 3.05) is 0 Å². The maximum Gasteiger partial charge on any atom is 0.153 e. The molecule has 2 aromatic heterocycles. The Morgan fingerprint density at radius 2 is 2.13 bits per heavy atom. The molecule has 0 bridgehead atoms. The van der Waals surface area contributed by atoms with E-state index in [-0.39, 0.29) is 6.61 Å². The topological polar surface area (TPSA) is 50.9 Å². The van der Waals surface area contributed by atoms with Gasteiger partial charge in [-0.1, -0.05) is 0 Å². The van der Waals surface area contributed by atoms with Gasteiger partial charge in [0.2, 0.25) is 0 Å². The van der Waals surface area contributed by atoms with E-state index in [1.54, 1.807) is 16.9 Å². The zero-order chi connectivity index (χ0) is 10.8. The third-order valence-electron chi connectivity index (χ3n) is 2.22. The fourth-order valence-electron chi connectivity index (χ4n) is 1.54. The summed E-state index contributed by atoms with van der Waals surface area (Å²) in [7, 11) is 0. The molecule has 78 valence electrons. The molecule has 2 heterocycles. The number of pyridine rings is 1. The predicted molar refractivity (Wildman–Crippen MR) is 56.8 cm³/mol. The van der Waals surface area contributed by atoms with E-state index in [0.717, 1.165) is 22.8 Å². The average Bonchev–Trinajstić information content (AvgIpc) is 2.58. The lowest BCUT2D eigenvalue weighted by molar-refractivity contribution is 0.281. The zero-order valence-electron chi connectivity index (χ0n) is 8.81. The Bertz CT molecular complexity index is 476. The van der Waals surface area contributed by atoms with Crippen LogP contribution in [0.25, 0.3) is 5.82 Å². The van der Waals surface area contributed by atoms with Crippen LogP contribution in [0.5, 0.6) is 0 Å². The Kier molecular flexibility index (Phi) is 2.51. The fraction of sp³-hybridized carbons (Fsp3) is 0.273. The molecule has 15 heavy (non-hydrogen) atoms. The van der Waals surface area contributed by atoms with Crippen molar-refractivity contribution in [3.05, 3.63) is 41.3 Å². The molecule has 0 aromatic carbocycles. The summed E-state index contributed by atoms with van der Waals surface area (Å²) in [5.41, 5.74) is 2.84. The predicted octanol–water partition coefficient (Wildman–Crippen LogP) is 1.38. The van der Waals surface area contributed by atoms with Crippen LogP contribution in [-0.2, 0) is 6.61 Å². The highest BCUT2D eigenvalue weighted by atomic mass is 16.3. The maximum atomic E-state index is 9.03. The van der Waals surface area contributed by atoms with E-state index >= 15 is 0 Å². The molecule has 2 aromatic rings. The van der Waals surface area contributed by atoms with E-state index in [1.165, 1.54) is 0 Å². The Morgan fingerprint density at radius 1 is 1.33 bits per heavy atom. The second kappa shape index (κ2) is 3.82. The van der Waals surface area contributed by atoms with Crippen LogP contribution in [0.1, 0.15) is 17.0 Å². The number of hydrogen-bond acceptors (Lipinski definition) is 3. The molecule has 0 saturated carbocycles. The van der Waals surface area contributed by atoms with Gasteiger partial charge < -0.3 is 5.11 Å². The monoisotopic (exact) mass is 203 g/mol. The highest BCUT2D eigenvalue weighted by molar-refractivity contribution is 5.29. The molecule has 0 aliphatic heterocycles. The molecule has 1 N–H and O–H groups in total. The first-order valence-electron chi connectivity index (χ1n) is 4.80. The van der Waals surface area contributed by atoms with Gasteiger partial charge in [-0.15, -0.1) is 0 Å². The summed E-state index contributed by atoms with van der Waals surface area (Å²) < 4.78 is 1.77. The third-order valence-corrected chi connectivity index (χ3v) is 2.22. The Hall–Kier alpha value is -1.68. The second-order valence-corrected chi connectivity index (χ2v) is 3.52. The molecule has 2 rings (SSSR count). The lowest BCUT2D eigenvalue weighted by Gasteiger charge is -2.04. The zero-order valence-corrected chi connectivity index (χ0v) is 8.81. The Balaban J connectivity index is 2.49. The largest absolute Gasteiger partial charge is 0.392 e. The highest BCUT2D eigenvalue weighted by Crippen LogP contribution is 2.10. The van der Waals surface area contributed by atoms with Crippen LogP contribution >= 0.6 is 0 Å². The van der Waals surface area contributed by atoms with Crippen LogP contribution in [-0.4, -0.2) is 19.9 Å². The Labute approximate surface area is 88.2 Å². The molecule has 4 nitrogen and oxygen atoms in total. The van der Waals surface area contributed by atoms with Gasteiger partial charge in [-0.2, -0.15) is 5.10 Å². The minimum atomic E-state index is 0.0226. The first kappa shape index (κ1) is 9.86. The van der Waals surface area contributed by atoms with Gasteiger partial charge in [-0.3, -0.25) is 0 Å². The van der Waals surface area contributed by atoms with Gasteiger partial charge in [0.1, 0.15) is 0 Å². The molecule has 0 atom stereocenters. The van der Waals surface area contributed by atoms with Crippen molar-refractivity contribution >= 4 is 0 Å². The standard InChI is InChI=1S/C11H13N3O/c1-8-5-9(2)14(13-8)11-6-10(7-15)3-4-12-11/h3-6,15H,7H2,1-2H3. The number of hydrogen-bond donors (Lipinski definition) is 1. The summed E-state index contributed by atoms with van der Waals surface area (Å²) in [6, 6.07) is 5.61.